The molecule has 2 fully saturated rings. The van der Waals surface area contributed by atoms with E-state index in [1.807, 2.05) is 54.6 Å². The maximum atomic E-state index is 13.6. The summed E-state index contributed by atoms with van der Waals surface area (Å²) in [7, 11) is 5.95. The molecule has 0 bridgehead atoms. The van der Waals surface area contributed by atoms with E-state index in [1.54, 1.807) is 14.1 Å². The summed E-state index contributed by atoms with van der Waals surface area (Å²) in [6, 6.07) is 16.6. The number of aliphatic hydroxyl groups excluding tert-OH is 1. The maximum absolute atomic E-state index is 13.6. The van der Waals surface area contributed by atoms with Gasteiger partial charge in [0.05, 0.1) is 18.6 Å². The Bertz CT molecular complexity index is 1320. The van der Waals surface area contributed by atoms with Gasteiger partial charge in [0, 0.05) is 31.6 Å². The van der Waals surface area contributed by atoms with E-state index in [2.05, 4.69) is 15.9 Å². The van der Waals surface area contributed by atoms with Crippen molar-refractivity contribution in [1.29, 1.82) is 0 Å². The normalized spacial score (nSPS) is 30.6. The van der Waals surface area contributed by atoms with Gasteiger partial charge < -0.3 is 29.3 Å². The fourth-order valence-corrected chi connectivity index (χ4v) is 6.47. The van der Waals surface area contributed by atoms with Gasteiger partial charge in [-0.05, 0) is 29.7 Å². The van der Waals surface area contributed by atoms with Crippen LogP contribution < -0.4 is 0 Å². The molecule has 3 aliphatic rings. The minimum Gasteiger partial charge on any atom is -0.506 e. The number of hydrogen-bond donors (Lipinski definition) is 2. The van der Waals surface area contributed by atoms with Crippen LogP contribution in [0.1, 0.15) is 23.5 Å². The van der Waals surface area contributed by atoms with Crippen molar-refractivity contribution in [3.05, 3.63) is 93.0 Å². The smallest absolute Gasteiger partial charge is 0.234 e. The van der Waals surface area contributed by atoms with Gasteiger partial charge in [0.25, 0.3) is 0 Å². The number of fused-ring (bicyclic) bond motifs is 3. The number of ketones is 1. The summed E-state index contributed by atoms with van der Waals surface area (Å²) in [4.78, 5) is 28.4. The number of nitrogens with zero attached hydrogens (tertiary/aromatic N) is 1. The third-order valence-electron chi connectivity index (χ3n) is 7.67. The van der Waals surface area contributed by atoms with Crippen LogP contribution in [-0.4, -0.2) is 66.8 Å². The van der Waals surface area contributed by atoms with Crippen LogP contribution in [0.3, 0.4) is 0 Å². The standard InChI is InChI=1S/C28H28BrNO7/c1-30(2)26(33)18-14-27(34)20-23(35-3)21(31)25(36-4)22(32)24(20)37-28(27,16-10-12-17(29)13-11-16)19(18)15-8-6-5-7-9-15/h5-13,18-19,25,32,34H,14H2,1-4H3. The van der Waals surface area contributed by atoms with E-state index in [1.165, 1.54) is 19.1 Å². The van der Waals surface area contributed by atoms with E-state index in [9.17, 15) is 19.8 Å². The number of rotatable bonds is 5. The first-order valence-electron chi connectivity index (χ1n) is 11.8. The Balaban J connectivity index is 1.89. The van der Waals surface area contributed by atoms with Crippen molar-refractivity contribution in [1.82, 2.24) is 4.90 Å². The Labute approximate surface area is 223 Å². The van der Waals surface area contributed by atoms with E-state index >= 15 is 0 Å². The lowest BCUT2D eigenvalue weighted by atomic mass is 9.70. The van der Waals surface area contributed by atoms with Crippen molar-refractivity contribution in [2.75, 3.05) is 28.3 Å². The third-order valence-corrected chi connectivity index (χ3v) is 8.20. The van der Waals surface area contributed by atoms with Crippen LogP contribution in [0, 0.1) is 5.92 Å². The van der Waals surface area contributed by atoms with Gasteiger partial charge in [0.1, 0.15) is 5.60 Å². The summed E-state index contributed by atoms with van der Waals surface area (Å²) in [5.74, 6) is -2.88. The second kappa shape index (κ2) is 9.01. The maximum Gasteiger partial charge on any atom is 0.234 e. The molecule has 0 radical (unpaired) electrons. The second-order valence-electron chi connectivity index (χ2n) is 9.74. The van der Waals surface area contributed by atoms with E-state index in [4.69, 9.17) is 14.2 Å². The molecule has 1 saturated carbocycles. The zero-order valence-electron chi connectivity index (χ0n) is 20.9. The fourth-order valence-electron chi connectivity index (χ4n) is 6.21. The number of hydrogen-bond acceptors (Lipinski definition) is 7. The average molecular weight is 570 g/mol. The topological polar surface area (TPSA) is 106 Å². The fraction of sp³-hybridized carbons (Fsp3) is 0.357. The molecule has 9 heteroatoms. The molecule has 1 amide bonds. The van der Waals surface area contributed by atoms with Crippen molar-refractivity contribution in [3.8, 4) is 0 Å². The molecule has 37 heavy (non-hydrogen) atoms. The summed E-state index contributed by atoms with van der Waals surface area (Å²) in [6.45, 7) is 0. The Kier molecular flexibility index (Phi) is 6.21. The Morgan fingerprint density at radius 2 is 1.76 bits per heavy atom. The predicted octanol–water partition coefficient (Wildman–Crippen LogP) is 3.57. The van der Waals surface area contributed by atoms with E-state index < -0.39 is 40.7 Å². The molecule has 2 aromatic carbocycles. The molecule has 8 nitrogen and oxygen atoms in total. The van der Waals surface area contributed by atoms with Gasteiger partial charge in [-0.25, -0.2) is 0 Å². The highest BCUT2D eigenvalue weighted by atomic mass is 79.9. The second-order valence-corrected chi connectivity index (χ2v) is 10.7. The zero-order chi connectivity index (χ0) is 26.7. The van der Waals surface area contributed by atoms with Crippen molar-refractivity contribution in [3.63, 3.8) is 0 Å². The number of halogens is 1. The van der Waals surface area contributed by atoms with Gasteiger partial charge in [0.15, 0.2) is 29.0 Å². The monoisotopic (exact) mass is 569 g/mol. The largest absolute Gasteiger partial charge is 0.506 e. The minimum atomic E-state index is -1.90. The molecule has 5 atom stereocenters. The third kappa shape index (κ3) is 3.41. The van der Waals surface area contributed by atoms with Crippen LogP contribution in [0.15, 0.2) is 81.9 Å². The van der Waals surface area contributed by atoms with Gasteiger partial charge in [-0.15, -0.1) is 0 Å². The van der Waals surface area contributed by atoms with Crippen LogP contribution in [0.25, 0.3) is 0 Å². The number of Topliss-reactive ketones (excluding diaryl/α,β-unsaturated/α-hetero) is 1. The highest BCUT2D eigenvalue weighted by molar-refractivity contribution is 9.10. The number of amides is 1. The van der Waals surface area contributed by atoms with Crippen molar-refractivity contribution < 1.29 is 34.0 Å². The van der Waals surface area contributed by atoms with Crippen LogP contribution in [-0.2, 0) is 29.4 Å². The number of aliphatic hydroxyl groups is 2. The molecule has 0 spiro atoms. The zero-order valence-corrected chi connectivity index (χ0v) is 22.5. The highest BCUT2D eigenvalue weighted by Crippen LogP contribution is 2.69. The number of ether oxygens (including phenoxy) is 3. The van der Waals surface area contributed by atoms with E-state index in [0.717, 1.165) is 10.0 Å². The summed E-state index contributed by atoms with van der Waals surface area (Å²) in [5.41, 5.74) is -2.09. The predicted molar refractivity (Wildman–Crippen MR) is 137 cm³/mol. The Morgan fingerprint density at radius 3 is 2.32 bits per heavy atom. The van der Waals surface area contributed by atoms with Crippen LogP contribution >= 0.6 is 15.9 Å². The summed E-state index contributed by atoms with van der Waals surface area (Å²) in [6.07, 6.45) is -1.41. The highest BCUT2D eigenvalue weighted by Gasteiger charge is 2.76. The molecule has 1 heterocycles. The summed E-state index contributed by atoms with van der Waals surface area (Å²) < 4.78 is 18.3. The molecule has 2 aromatic rings. The van der Waals surface area contributed by atoms with Gasteiger partial charge in [0.2, 0.25) is 11.7 Å². The number of carbonyl (C=O) groups excluding carboxylic acids is 2. The first-order valence-corrected chi connectivity index (χ1v) is 12.6. The minimum absolute atomic E-state index is 0.0312. The quantitative estimate of drug-likeness (QED) is 0.567. The molecular formula is C28H28BrNO7. The molecule has 1 aliphatic heterocycles. The van der Waals surface area contributed by atoms with Gasteiger partial charge in [-0.1, -0.05) is 58.4 Å². The first-order chi connectivity index (χ1) is 17.6. The summed E-state index contributed by atoms with van der Waals surface area (Å²) >= 11 is 3.46. The van der Waals surface area contributed by atoms with Gasteiger partial charge in [-0.3, -0.25) is 9.59 Å². The SMILES string of the molecule is COC1=C2C(=C(O)C(OC)C1=O)OC1(c3ccc(Br)cc3)C(c3ccccc3)C(C(=O)N(C)C)CC21O. The van der Waals surface area contributed by atoms with Crippen LogP contribution in [0.4, 0.5) is 0 Å². The van der Waals surface area contributed by atoms with Gasteiger partial charge >= 0.3 is 0 Å². The van der Waals surface area contributed by atoms with Crippen molar-refractivity contribution in [2.24, 2.45) is 5.92 Å². The molecular weight excluding hydrogens is 542 g/mol. The lowest BCUT2D eigenvalue weighted by Gasteiger charge is -2.40. The molecule has 1 saturated heterocycles. The lowest BCUT2D eigenvalue weighted by Crippen LogP contribution is -2.48. The molecule has 5 unspecified atom stereocenters. The van der Waals surface area contributed by atoms with Crippen molar-refractivity contribution in [2.45, 2.75) is 29.6 Å². The summed E-state index contributed by atoms with van der Waals surface area (Å²) in [5, 5.41) is 23.9. The van der Waals surface area contributed by atoms with E-state index in [0.29, 0.717) is 5.56 Å². The number of benzene rings is 2. The Hall–Kier alpha value is -3.14. The molecule has 0 aromatic heterocycles. The van der Waals surface area contributed by atoms with Gasteiger partial charge in [-0.2, -0.15) is 0 Å². The van der Waals surface area contributed by atoms with Crippen LogP contribution in [0.2, 0.25) is 0 Å². The Morgan fingerprint density at radius 1 is 1.11 bits per heavy atom. The molecule has 2 aliphatic carbocycles. The lowest BCUT2D eigenvalue weighted by molar-refractivity contribution is -0.134. The van der Waals surface area contributed by atoms with Crippen LogP contribution in [0.5, 0.6) is 0 Å². The average Bonchev–Trinajstić information content (AvgIpc) is 3.30. The van der Waals surface area contributed by atoms with E-state index in [-0.39, 0.29) is 29.4 Å². The number of carbonyl (C=O) groups is 2. The van der Waals surface area contributed by atoms with Crippen molar-refractivity contribution >= 4 is 27.6 Å². The molecule has 2 N–H and O–H groups in total. The molecule has 5 rings (SSSR count). The number of methoxy groups -OCH3 is 2. The molecule has 194 valence electrons. The first kappa shape index (κ1) is 25.5.